The molecule has 1 unspecified atom stereocenters. The summed E-state index contributed by atoms with van der Waals surface area (Å²) in [6.07, 6.45) is 0.985. The zero-order valence-electron chi connectivity index (χ0n) is 14.3. The fraction of sp³-hybridized carbons (Fsp3) is 0.136. The second-order valence-electron chi connectivity index (χ2n) is 6.21. The zero-order chi connectivity index (χ0) is 18.1. The number of fused-ring (bicyclic) bond motifs is 2. The van der Waals surface area contributed by atoms with Crippen molar-refractivity contribution in [3.8, 4) is 5.75 Å². The van der Waals surface area contributed by atoms with E-state index in [9.17, 15) is 4.79 Å². The van der Waals surface area contributed by atoms with Crippen molar-refractivity contribution in [3.63, 3.8) is 0 Å². The van der Waals surface area contributed by atoms with Crippen LogP contribution in [0.3, 0.4) is 0 Å². The van der Waals surface area contributed by atoms with Crippen LogP contribution in [0.2, 0.25) is 0 Å². The fourth-order valence-electron chi connectivity index (χ4n) is 3.12. The van der Waals surface area contributed by atoms with Crippen LogP contribution in [0.25, 0.3) is 0 Å². The highest BCUT2D eigenvalue weighted by Crippen LogP contribution is 2.40. The van der Waals surface area contributed by atoms with Gasteiger partial charge in [-0.1, -0.05) is 59.0 Å². The van der Waals surface area contributed by atoms with Crippen molar-refractivity contribution in [2.75, 3.05) is 0 Å². The molecule has 26 heavy (non-hydrogen) atoms. The Balaban J connectivity index is 1.73. The molecule has 1 aliphatic heterocycles. The van der Waals surface area contributed by atoms with Gasteiger partial charge in [0, 0.05) is 17.5 Å². The van der Waals surface area contributed by atoms with Gasteiger partial charge in [-0.3, -0.25) is 4.79 Å². The number of carbonyl (C=O) groups is 1. The molecule has 1 heterocycles. The van der Waals surface area contributed by atoms with Gasteiger partial charge in [-0.25, -0.2) is 0 Å². The van der Waals surface area contributed by atoms with Crippen molar-refractivity contribution >= 4 is 39.5 Å². The molecule has 0 amide bonds. The summed E-state index contributed by atoms with van der Waals surface area (Å²) in [4.78, 5) is 15.8. The average molecular weight is 473 g/mol. The molecular formula is C22H18IO2S+. The van der Waals surface area contributed by atoms with E-state index in [0.717, 1.165) is 6.42 Å². The van der Waals surface area contributed by atoms with Crippen LogP contribution in [0.4, 0.5) is 0 Å². The SMILES string of the molecule is CC(I)C(=O)Oc1ccc([S+]2c3ccccc3Cc3ccccc32)cc1. The first kappa shape index (κ1) is 17.6. The number of hydrogen-bond donors (Lipinski definition) is 0. The minimum atomic E-state index is -0.214. The van der Waals surface area contributed by atoms with Crippen LogP contribution in [-0.2, 0) is 22.1 Å². The number of esters is 1. The van der Waals surface area contributed by atoms with Gasteiger partial charge in [-0.05, 0) is 43.3 Å². The molecule has 0 N–H and O–H groups in total. The second-order valence-corrected chi connectivity index (χ2v) is 10.0. The van der Waals surface area contributed by atoms with Gasteiger partial charge >= 0.3 is 5.97 Å². The van der Waals surface area contributed by atoms with Crippen LogP contribution >= 0.6 is 22.6 Å². The Morgan fingerprint density at radius 3 is 2.00 bits per heavy atom. The number of hydrogen-bond acceptors (Lipinski definition) is 2. The lowest BCUT2D eigenvalue weighted by molar-refractivity contribution is -0.133. The number of alkyl halides is 1. The van der Waals surface area contributed by atoms with Crippen LogP contribution in [0.15, 0.2) is 87.5 Å². The normalized spacial score (nSPS) is 14.2. The van der Waals surface area contributed by atoms with E-state index in [1.165, 1.54) is 25.8 Å². The highest BCUT2D eigenvalue weighted by atomic mass is 127. The number of benzene rings is 3. The molecule has 0 spiro atoms. The van der Waals surface area contributed by atoms with E-state index in [4.69, 9.17) is 4.74 Å². The third kappa shape index (κ3) is 3.40. The molecule has 3 aromatic carbocycles. The minimum absolute atomic E-state index is 0.130. The molecule has 2 nitrogen and oxygen atoms in total. The third-order valence-corrected chi connectivity index (χ3v) is 7.30. The quantitative estimate of drug-likeness (QED) is 0.131. The maximum Gasteiger partial charge on any atom is 0.323 e. The standard InChI is InChI=1S/C22H18IO2S/c1-15(23)22(24)25-18-10-12-19(13-11-18)26-20-8-4-2-6-16(20)14-17-7-3-5-9-21(17)26/h2-13,15H,14H2,1H3/q+1. The Morgan fingerprint density at radius 2 is 1.46 bits per heavy atom. The first-order chi connectivity index (χ1) is 12.6. The molecule has 1 atom stereocenters. The predicted octanol–water partition coefficient (Wildman–Crippen LogP) is 5.42. The van der Waals surface area contributed by atoms with Gasteiger partial charge in [0.25, 0.3) is 0 Å². The molecular weight excluding hydrogens is 455 g/mol. The van der Waals surface area contributed by atoms with Gasteiger partial charge in [0.1, 0.15) is 9.67 Å². The maximum atomic E-state index is 11.8. The maximum absolute atomic E-state index is 11.8. The van der Waals surface area contributed by atoms with Gasteiger partial charge in [0.2, 0.25) is 0 Å². The van der Waals surface area contributed by atoms with E-state index in [0.29, 0.717) is 5.75 Å². The van der Waals surface area contributed by atoms with Crippen molar-refractivity contribution in [1.29, 1.82) is 0 Å². The van der Waals surface area contributed by atoms with Gasteiger partial charge in [-0.15, -0.1) is 0 Å². The summed E-state index contributed by atoms with van der Waals surface area (Å²) < 4.78 is 5.25. The molecule has 4 rings (SSSR count). The van der Waals surface area contributed by atoms with Gasteiger partial charge in [0.15, 0.2) is 14.7 Å². The lowest BCUT2D eigenvalue weighted by Gasteiger charge is -2.19. The molecule has 0 aliphatic carbocycles. The molecule has 4 heteroatoms. The first-order valence-electron chi connectivity index (χ1n) is 8.49. The van der Waals surface area contributed by atoms with Crippen LogP contribution < -0.4 is 4.74 Å². The summed E-state index contributed by atoms with van der Waals surface area (Å²) in [5, 5.41) is 0. The summed E-state index contributed by atoms with van der Waals surface area (Å²) in [5.74, 6) is 0.388. The summed E-state index contributed by atoms with van der Waals surface area (Å²) >= 11 is 2.06. The highest BCUT2D eigenvalue weighted by molar-refractivity contribution is 14.1. The molecule has 0 bridgehead atoms. The smallest absolute Gasteiger partial charge is 0.323 e. The Hall–Kier alpha value is -1.79. The van der Waals surface area contributed by atoms with Gasteiger partial charge in [-0.2, -0.15) is 0 Å². The van der Waals surface area contributed by atoms with Crippen molar-refractivity contribution < 1.29 is 9.53 Å². The predicted molar refractivity (Wildman–Crippen MR) is 113 cm³/mol. The number of ether oxygens (including phenoxy) is 1. The first-order valence-corrected chi connectivity index (χ1v) is 11.0. The van der Waals surface area contributed by atoms with E-state index in [2.05, 4.69) is 83.3 Å². The zero-order valence-corrected chi connectivity index (χ0v) is 17.3. The fourth-order valence-corrected chi connectivity index (χ4v) is 5.63. The van der Waals surface area contributed by atoms with Crippen LogP contribution in [0.5, 0.6) is 5.75 Å². The molecule has 0 radical (unpaired) electrons. The van der Waals surface area contributed by atoms with Gasteiger partial charge in [0.05, 0.1) is 10.9 Å². The number of rotatable bonds is 3. The minimum Gasteiger partial charge on any atom is -0.426 e. The van der Waals surface area contributed by atoms with E-state index in [1.54, 1.807) is 0 Å². The van der Waals surface area contributed by atoms with E-state index in [-0.39, 0.29) is 20.8 Å². The van der Waals surface area contributed by atoms with Crippen LogP contribution in [0, 0.1) is 0 Å². The topological polar surface area (TPSA) is 26.3 Å². The molecule has 0 aromatic heterocycles. The summed E-state index contributed by atoms with van der Waals surface area (Å²) in [7, 11) is -0.130. The molecule has 130 valence electrons. The average Bonchev–Trinajstić information content (AvgIpc) is 2.66. The Kier molecular flexibility index (Phi) is 5.05. The highest BCUT2D eigenvalue weighted by Gasteiger charge is 2.36. The van der Waals surface area contributed by atoms with E-state index < -0.39 is 0 Å². The third-order valence-electron chi connectivity index (χ3n) is 4.37. The molecule has 1 aliphatic rings. The molecule has 0 saturated carbocycles. The lowest BCUT2D eigenvalue weighted by Crippen LogP contribution is -2.17. The second kappa shape index (κ2) is 7.45. The molecule has 0 saturated heterocycles. The Bertz CT molecular complexity index is 905. The Labute approximate surface area is 170 Å². The van der Waals surface area contributed by atoms with Crippen molar-refractivity contribution in [1.82, 2.24) is 0 Å². The number of halogens is 1. The largest absolute Gasteiger partial charge is 0.426 e. The lowest BCUT2D eigenvalue weighted by atomic mass is 10.0. The monoisotopic (exact) mass is 473 g/mol. The van der Waals surface area contributed by atoms with E-state index in [1.807, 2.05) is 19.1 Å². The molecule has 0 fully saturated rings. The summed E-state index contributed by atoms with van der Waals surface area (Å²) in [5.41, 5.74) is 2.78. The van der Waals surface area contributed by atoms with Crippen LogP contribution in [0.1, 0.15) is 18.1 Å². The summed E-state index contributed by atoms with van der Waals surface area (Å²) in [6.45, 7) is 1.83. The van der Waals surface area contributed by atoms with Crippen molar-refractivity contribution in [2.24, 2.45) is 0 Å². The van der Waals surface area contributed by atoms with Crippen molar-refractivity contribution in [3.05, 3.63) is 83.9 Å². The van der Waals surface area contributed by atoms with Crippen LogP contribution in [-0.4, -0.2) is 9.89 Å². The van der Waals surface area contributed by atoms with E-state index >= 15 is 0 Å². The number of carbonyl (C=O) groups excluding carboxylic acids is 1. The van der Waals surface area contributed by atoms with Gasteiger partial charge < -0.3 is 4.74 Å². The summed E-state index contributed by atoms with van der Waals surface area (Å²) in [6, 6.07) is 25.4. The van der Waals surface area contributed by atoms with Crippen molar-refractivity contribution in [2.45, 2.75) is 32.0 Å². The molecule has 3 aromatic rings. The Morgan fingerprint density at radius 1 is 0.923 bits per heavy atom.